The second-order valence-corrected chi connectivity index (χ2v) is 12.5. The van der Waals surface area contributed by atoms with Gasteiger partial charge in [0.2, 0.25) is 0 Å². The van der Waals surface area contributed by atoms with Crippen molar-refractivity contribution in [1.29, 1.82) is 0 Å². The van der Waals surface area contributed by atoms with Crippen molar-refractivity contribution in [3.8, 4) is 22.3 Å². The molecule has 46 heavy (non-hydrogen) atoms. The van der Waals surface area contributed by atoms with Gasteiger partial charge in [0, 0.05) is 32.8 Å². The molecule has 9 rings (SSSR count). The number of fused-ring (bicyclic) bond motifs is 8. The van der Waals surface area contributed by atoms with Gasteiger partial charge in [0.25, 0.3) is 0 Å². The Balaban J connectivity index is 1.27. The fourth-order valence-corrected chi connectivity index (χ4v) is 7.47. The van der Waals surface area contributed by atoms with E-state index in [9.17, 15) is 0 Å². The molecule has 1 unspecified atom stereocenters. The summed E-state index contributed by atoms with van der Waals surface area (Å²) in [6, 6.07) is 51.8. The molecule has 0 amide bonds. The molecule has 1 aliphatic carbocycles. The number of rotatable bonds is 5. The Kier molecular flexibility index (Phi) is 5.91. The summed E-state index contributed by atoms with van der Waals surface area (Å²) in [7, 11) is 0. The van der Waals surface area contributed by atoms with Gasteiger partial charge < -0.3 is 4.42 Å². The van der Waals surface area contributed by atoms with Gasteiger partial charge in [-0.1, -0.05) is 110 Å². The molecule has 1 aliphatic rings. The third-order valence-electron chi connectivity index (χ3n) is 9.99. The van der Waals surface area contributed by atoms with Crippen molar-refractivity contribution in [3.05, 3.63) is 157 Å². The molecule has 0 spiro atoms. The summed E-state index contributed by atoms with van der Waals surface area (Å²) in [6.45, 7) is 4.62. The van der Waals surface area contributed by atoms with E-state index in [4.69, 9.17) is 9.40 Å². The van der Waals surface area contributed by atoms with Crippen LogP contribution in [0.4, 0.5) is 17.2 Å². The molecular weight excluding hydrogens is 560 g/mol. The number of pyridine rings is 1. The number of hydrogen-bond acceptors (Lipinski definition) is 3. The summed E-state index contributed by atoms with van der Waals surface area (Å²) in [5, 5.41) is 4.73. The third kappa shape index (κ3) is 3.88. The van der Waals surface area contributed by atoms with Gasteiger partial charge in [0.15, 0.2) is 0 Å². The van der Waals surface area contributed by atoms with Crippen molar-refractivity contribution in [1.82, 2.24) is 4.98 Å². The lowest BCUT2D eigenvalue weighted by atomic mass is 9.80. The maximum Gasteiger partial charge on any atom is 0.137 e. The summed E-state index contributed by atoms with van der Waals surface area (Å²) in [5.74, 6) is 0.906. The summed E-state index contributed by atoms with van der Waals surface area (Å²) in [4.78, 5) is 7.92. The van der Waals surface area contributed by atoms with Crippen LogP contribution in [0.25, 0.3) is 55.0 Å². The minimum absolute atomic E-state index is 0.241. The predicted octanol–water partition coefficient (Wildman–Crippen LogP) is 12.0. The number of para-hydroxylation sites is 1. The molecule has 0 radical (unpaired) electrons. The van der Waals surface area contributed by atoms with Crippen molar-refractivity contribution < 1.29 is 4.42 Å². The first kappa shape index (κ1) is 26.7. The average molecular weight is 593 g/mol. The lowest BCUT2D eigenvalue weighted by Crippen LogP contribution is -2.22. The summed E-state index contributed by atoms with van der Waals surface area (Å²) in [5.41, 5.74) is 11.1. The highest BCUT2D eigenvalue weighted by Gasteiger charge is 2.41. The zero-order valence-corrected chi connectivity index (χ0v) is 25.9. The highest BCUT2D eigenvalue weighted by atomic mass is 16.3. The highest BCUT2D eigenvalue weighted by molar-refractivity contribution is 6.15. The Morgan fingerprint density at radius 2 is 1.35 bits per heavy atom. The number of furan rings is 1. The quantitative estimate of drug-likeness (QED) is 0.199. The minimum atomic E-state index is -0.241. The van der Waals surface area contributed by atoms with Crippen molar-refractivity contribution in [2.75, 3.05) is 4.90 Å². The number of anilines is 3. The van der Waals surface area contributed by atoms with Crippen LogP contribution in [0.1, 0.15) is 31.5 Å². The standard InChI is InChI=1S/C43H32N2O/c1-3-43(2)35-25-26-38-41(33-17-9-10-19-37(33)46-38)40(35)34-24-27-39(44-42(34)43)45(36-18-11-15-30-14-7-8-16-32(30)36)31-22-20-29(21-23-31)28-12-5-4-6-13-28/h4-27H,3H2,1-2H3. The highest BCUT2D eigenvalue weighted by Crippen LogP contribution is 2.54. The van der Waals surface area contributed by atoms with Gasteiger partial charge in [-0.15, -0.1) is 0 Å². The SMILES string of the molecule is CCC1(C)c2ccc3oc4ccccc4c3c2-c2ccc(N(c3ccc(-c4ccccc4)cc3)c3cccc4ccccc34)nc21. The maximum atomic E-state index is 6.33. The van der Waals surface area contributed by atoms with Crippen LogP contribution >= 0.6 is 0 Å². The van der Waals surface area contributed by atoms with Gasteiger partial charge >= 0.3 is 0 Å². The molecule has 6 aromatic carbocycles. The molecule has 0 fully saturated rings. The summed E-state index contributed by atoms with van der Waals surface area (Å²) in [6.07, 6.45) is 0.935. The van der Waals surface area contributed by atoms with E-state index in [0.29, 0.717) is 0 Å². The molecule has 2 aromatic heterocycles. The maximum absolute atomic E-state index is 6.33. The fourth-order valence-electron chi connectivity index (χ4n) is 7.47. The lowest BCUT2D eigenvalue weighted by Gasteiger charge is -2.29. The van der Waals surface area contributed by atoms with Crippen LogP contribution < -0.4 is 4.90 Å². The number of benzene rings is 6. The molecule has 8 aromatic rings. The third-order valence-corrected chi connectivity index (χ3v) is 9.99. The molecule has 0 aliphatic heterocycles. The van der Waals surface area contributed by atoms with Crippen molar-refractivity contribution in [3.63, 3.8) is 0 Å². The first-order chi connectivity index (χ1) is 22.6. The molecule has 0 saturated carbocycles. The van der Waals surface area contributed by atoms with Crippen LogP contribution in [0.2, 0.25) is 0 Å². The van der Waals surface area contributed by atoms with Crippen LogP contribution in [-0.4, -0.2) is 4.98 Å². The van der Waals surface area contributed by atoms with E-state index < -0.39 is 0 Å². The Morgan fingerprint density at radius 3 is 2.17 bits per heavy atom. The molecule has 0 bridgehead atoms. The monoisotopic (exact) mass is 592 g/mol. The Hall–Kier alpha value is -5.67. The van der Waals surface area contributed by atoms with Gasteiger partial charge in [0.1, 0.15) is 17.0 Å². The van der Waals surface area contributed by atoms with Crippen molar-refractivity contribution >= 4 is 49.9 Å². The number of hydrogen-bond donors (Lipinski definition) is 0. The summed E-state index contributed by atoms with van der Waals surface area (Å²) < 4.78 is 6.33. The van der Waals surface area contributed by atoms with E-state index in [1.807, 2.05) is 6.07 Å². The largest absolute Gasteiger partial charge is 0.456 e. The predicted molar refractivity (Wildman–Crippen MR) is 191 cm³/mol. The number of nitrogens with zero attached hydrogens (tertiary/aromatic N) is 2. The van der Waals surface area contributed by atoms with E-state index >= 15 is 0 Å². The van der Waals surface area contributed by atoms with Crippen LogP contribution in [-0.2, 0) is 5.41 Å². The van der Waals surface area contributed by atoms with Gasteiger partial charge in [-0.05, 0) is 83.4 Å². The van der Waals surface area contributed by atoms with E-state index in [1.165, 1.54) is 44.0 Å². The van der Waals surface area contributed by atoms with Gasteiger partial charge in [-0.25, -0.2) is 4.98 Å². The first-order valence-electron chi connectivity index (χ1n) is 16.0. The minimum Gasteiger partial charge on any atom is -0.456 e. The molecule has 1 atom stereocenters. The zero-order chi connectivity index (χ0) is 30.8. The van der Waals surface area contributed by atoms with Gasteiger partial charge in [-0.2, -0.15) is 0 Å². The summed E-state index contributed by atoms with van der Waals surface area (Å²) >= 11 is 0. The first-order valence-corrected chi connectivity index (χ1v) is 16.0. The molecule has 220 valence electrons. The van der Waals surface area contributed by atoms with E-state index in [0.717, 1.165) is 45.9 Å². The molecule has 0 saturated heterocycles. The van der Waals surface area contributed by atoms with Crippen LogP contribution in [0, 0.1) is 0 Å². The van der Waals surface area contributed by atoms with E-state index in [-0.39, 0.29) is 5.41 Å². The van der Waals surface area contributed by atoms with Crippen LogP contribution in [0.3, 0.4) is 0 Å². The second-order valence-electron chi connectivity index (χ2n) is 12.5. The van der Waals surface area contributed by atoms with Crippen LogP contribution in [0.5, 0.6) is 0 Å². The van der Waals surface area contributed by atoms with Gasteiger partial charge in [-0.3, -0.25) is 4.90 Å². The fraction of sp³-hybridized carbons (Fsp3) is 0.0930. The molecule has 3 nitrogen and oxygen atoms in total. The van der Waals surface area contributed by atoms with Crippen molar-refractivity contribution in [2.24, 2.45) is 0 Å². The van der Waals surface area contributed by atoms with E-state index in [2.05, 4.69) is 158 Å². The Bertz CT molecular complexity index is 2420. The average Bonchev–Trinajstić information content (AvgIpc) is 3.62. The molecular formula is C43H32N2O. The molecule has 3 heteroatoms. The van der Waals surface area contributed by atoms with E-state index in [1.54, 1.807) is 0 Å². The number of aromatic nitrogens is 1. The smallest absolute Gasteiger partial charge is 0.137 e. The Labute approximate surface area is 268 Å². The van der Waals surface area contributed by atoms with Crippen molar-refractivity contribution in [2.45, 2.75) is 25.7 Å². The zero-order valence-electron chi connectivity index (χ0n) is 25.9. The lowest BCUT2D eigenvalue weighted by molar-refractivity contribution is 0.548. The normalized spacial score (nSPS) is 15.3. The second kappa shape index (κ2) is 10.2. The van der Waals surface area contributed by atoms with Gasteiger partial charge in [0.05, 0.1) is 11.4 Å². The molecule has 2 heterocycles. The topological polar surface area (TPSA) is 29.3 Å². The Morgan fingerprint density at radius 1 is 0.630 bits per heavy atom. The molecule has 0 N–H and O–H groups in total. The van der Waals surface area contributed by atoms with Crippen LogP contribution in [0.15, 0.2) is 150 Å².